The van der Waals surface area contributed by atoms with Crippen molar-refractivity contribution in [3.8, 4) is 6.19 Å². The van der Waals surface area contributed by atoms with E-state index < -0.39 is 11.7 Å². The summed E-state index contributed by atoms with van der Waals surface area (Å²) in [4.78, 5) is 46.2. The van der Waals surface area contributed by atoms with E-state index in [4.69, 9.17) is 4.42 Å². The van der Waals surface area contributed by atoms with Crippen LogP contribution in [-0.2, 0) is 9.59 Å². The quantitative estimate of drug-likeness (QED) is 0.141. The van der Waals surface area contributed by atoms with Gasteiger partial charge in [0.15, 0.2) is 6.19 Å². The van der Waals surface area contributed by atoms with Crippen molar-refractivity contribution in [3.05, 3.63) is 52.9 Å². The predicted molar refractivity (Wildman–Crippen MR) is 140 cm³/mol. The zero-order chi connectivity index (χ0) is 25.8. The van der Waals surface area contributed by atoms with Crippen LogP contribution in [0.1, 0.15) is 32.1 Å². The molecule has 2 amide bonds. The molecule has 2 saturated heterocycles. The molecule has 2 N–H and O–H groups in total. The second-order valence-corrected chi connectivity index (χ2v) is 9.34. The third kappa shape index (κ3) is 5.26. The molecule has 37 heavy (non-hydrogen) atoms. The molecule has 1 atom stereocenters. The molecule has 190 valence electrons. The monoisotopic (exact) mass is 500 g/mol. The van der Waals surface area contributed by atoms with E-state index in [1.807, 2.05) is 29.3 Å². The standard InChI is InChI=1S/C27H28N6O4/c28-17-29-27(30-18-10-11-23-21(15-18)19-7-1-2-8-20(19)26(36)37-23)31-22-9-3-4-14-33(25(22)35)16-24(34)32-12-5-6-13-32/h1-2,7-8,10-11,15,22H,3-6,9,12-14,16H2,(H2,29,30,31)/t22-/m0/s1. The molecule has 10 nitrogen and oxygen atoms in total. The number of aliphatic imine (C=N–C) groups is 1. The van der Waals surface area contributed by atoms with Crippen LogP contribution < -0.4 is 16.3 Å². The van der Waals surface area contributed by atoms with Gasteiger partial charge in [0.25, 0.3) is 0 Å². The number of likely N-dealkylation sites (tertiary alicyclic amines) is 2. The first-order valence-electron chi connectivity index (χ1n) is 12.6. The number of nitrogens with zero attached hydrogens (tertiary/aromatic N) is 4. The van der Waals surface area contributed by atoms with Crippen molar-refractivity contribution in [2.24, 2.45) is 4.99 Å². The van der Waals surface area contributed by atoms with Gasteiger partial charge in [0.1, 0.15) is 11.6 Å². The lowest BCUT2D eigenvalue weighted by Gasteiger charge is -2.25. The van der Waals surface area contributed by atoms with Crippen molar-refractivity contribution in [3.63, 3.8) is 0 Å². The lowest BCUT2D eigenvalue weighted by Crippen LogP contribution is -2.45. The van der Waals surface area contributed by atoms with Gasteiger partial charge in [0.2, 0.25) is 17.8 Å². The normalized spacial score (nSPS) is 18.6. The Morgan fingerprint density at radius 2 is 1.78 bits per heavy atom. The number of carbonyl (C=O) groups is 2. The average Bonchev–Trinajstić information content (AvgIpc) is 3.40. The van der Waals surface area contributed by atoms with Crippen LogP contribution in [0.2, 0.25) is 0 Å². The average molecular weight is 501 g/mol. The minimum atomic E-state index is -0.712. The Bertz CT molecular complexity index is 1470. The molecule has 2 aliphatic rings. The molecule has 0 spiro atoms. The van der Waals surface area contributed by atoms with Crippen molar-refractivity contribution >= 4 is 45.2 Å². The molecule has 1 aromatic heterocycles. The first-order valence-corrected chi connectivity index (χ1v) is 12.6. The molecule has 2 fully saturated rings. The van der Waals surface area contributed by atoms with E-state index in [1.165, 1.54) is 0 Å². The Balaban J connectivity index is 1.39. The van der Waals surface area contributed by atoms with Crippen molar-refractivity contribution in [1.82, 2.24) is 15.1 Å². The molecule has 3 heterocycles. The smallest absolute Gasteiger partial charge is 0.344 e. The summed E-state index contributed by atoms with van der Waals surface area (Å²) >= 11 is 0. The fraction of sp³-hybridized carbons (Fsp3) is 0.370. The van der Waals surface area contributed by atoms with E-state index in [2.05, 4.69) is 15.6 Å². The zero-order valence-electron chi connectivity index (χ0n) is 20.4. The number of rotatable bonds is 4. The van der Waals surface area contributed by atoms with Gasteiger partial charge in [-0.05, 0) is 61.8 Å². The number of hydrogen-bond acceptors (Lipinski definition) is 6. The molecule has 0 aliphatic carbocycles. The summed E-state index contributed by atoms with van der Waals surface area (Å²) in [6, 6.07) is 11.7. The molecular formula is C27H28N6O4. The molecule has 0 radical (unpaired) electrons. The van der Waals surface area contributed by atoms with Crippen LogP contribution >= 0.6 is 0 Å². The van der Waals surface area contributed by atoms with Gasteiger partial charge >= 0.3 is 5.63 Å². The zero-order valence-corrected chi connectivity index (χ0v) is 20.4. The molecule has 2 aromatic carbocycles. The third-order valence-electron chi connectivity index (χ3n) is 6.88. The van der Waals surface area contributed by atoms with E-state index in [0.717, 1.165) is 49.5 Å². The number of nitrogens with one attached hydrogen (secondary N) is 2. The number of guanidine groups is 1. The highest BCUT2D eigenvalue weighted by molar-refractivity contribution is 6.06. The molecule has 2 aliphatic heterocycles. The van der Waals surface area contributed by atoms with Gasteiger partial charge in [0.05, 0.1) is 11.9 Å². The van der Waals surface area contributed by atoms with Gasteiger partial charge < -0.3 is 19.5 Å². The summed E-state index contributed by atoms with van der Waals surface area (Å²) < 4.78 is 5.45. The van der Waals surface area contributed by atoms with Crippen molar-refractivity contribution < 1.29 is 14.0 Å². The van der Waals surface area contributed by atoms with Gasteiger partial charge in [-0.3, -0.25) is 14.9 Å². The van der Waals surface area contributed by atoms with Gasteiger partial charge in [-0.15, -0.1) is 0 Å². The summed E-state index contributed by atoms with van der Waals surface area (Å²) in [7, 11) is 0. The van der Waals surface area contributed by atoms with E-state index in [9.17, 15) is 19.6 Å². The highest BCUT2D eigenvalue weighted by Crippen LogP contribution is 2.26. The van der Waals surface area contributed by atoms with E-state index in [-0.39, 0.29) is 24.3 Å². The first kappa shape index (κ1) is 24.3. The number of nitriles is 1. The van der Waals surface area contributed by atoms with Gasteiger partial charge in [0, 0.05) is 30.7 Å². The number of fused-ring (bicyclic) bond motifs is 3. The summed E-state index contributed by atoms with van der Waals surface area (Å²) in [6.45, 7) is 2.06. The summed E-state index contributed by atoms with van der Waals surface area (Å²) in [5, 5.41) is 16.9. The SMILES string of the molecule is N#CNC(=N[C@H]1CCCCN(CC(=O)N2CCCC2)C1=O)Nc1ccc2oc(=O)c3ccccc3c2c1. The maximum atomic E-state index is 13.3. The maximum absolute atomic E-state index is 13.3. The minimum absolute atomic E-state index is 0.0287. The van der Waals surface area contributed by atoms with Crippen molar-refractivity contribution in [1.29, 1.82) is 5.26 Å². The number of carbonyl (C=O) groups excluding carboxylic acids is 2. The summed E-state index contributed by atoms with van der Waals surface area (Å²) in [5.41, 5.74) is 0.644. The molecular weight excluding hydrogens is 472 g/mol. The molecule has 10 heteroatoms. The first-order chi connectivity index (χ1) is 18.0. The van der Waals surface area contributed by atoms with E-state index >= 15 is 0 Å². The predicted octanol–water partition coefficient (Wildman–Crippen LogP) is 2.79. The Morgan fingerprint density at radius 1 is 1.03 bits per heavy atom. The Kier molecular flexibility index (Phi) is 7.03. The fourth-order valence-corrected chi connectivity index (χ4v) is 4.99. The number of benzene rings is 2. The van der Waals surface area contributed by atoms with Crippen LogP contribution in [0.5, 0.6) is 0 Å². The van der Waals surface area contributed by atoms with Crippen LogP contribution in [0, 0.1) is 11.5 Å². The largest absolute Gasteiger partial charge is 0.422 e. The van der Waals surface area contributed by atoms with E-state index in [1.54, 1.807) is 29.2 Å². The summed E-state index contributed by atoms with van der Waals surface area (Å²) in [6.07, 6.45) is 5.98. The highest BCUT2D eigenvalue weighted by Gasteiger charge is 2.30. The second kappa shape index (κ2) is 10.7. The van der Waals surface area contributed by atoms with Crippen molar-refractivity contribution in [2.75, 3.05) is 31.5 Å². The van der Waals surface area contributed by atoms with Gasteiger partial charge in [-0.25, -0.2) is 9.79 Å². The Morgan fingerprint density at radius 3 is 2.57 bits per heavy atom. The lowest BCUT2D eigenvalue weighted by atomic mass is 10.1. The van der Waals surface area contributed by atoms with Crippen LogP contribution in [-0.4, -0.2) is 59.8 Å². The minimum Gasteiger partial charge on any atom is -0.422 e. The lowest BCUT2D eigenvalue weighted by molar-refractivity contribution is -0.140. The Labute approximate surface area is 213 Å². The third-order valence-corrected chi connectivity index (χ3v) is 6.88. The second-order valence-electron chi connectivity index (χ2n) is 9.34. The molecule has 3 aromatic rings. The van der Waals surface area contributed by atoms with E-state index in [0.29, 0.717) is 29.6 Å². The molecule has 0 bridgehead atoms. The number of hydrogen-bond donors (Lipinski definition) is 2. The molecule has 5 rings (SSSR count). The topological polar surface area (TPSA) is 131 Å². The maximum Gasteiger partial charge on any atom is 0.344 e. The number of amides is 2. The molecule has 0 unspecified atom stereocenters. The van der Waals surface area contributed by atoms with Crippen LogP contribution in [0.15, 0.2) is 56.7 Å². The van der Waals surface area contributed by atoms with Gasteiger partial charge in [-0.2, -0.15) is 5.26 Å². The number of anilines is 1. The van der Waals surface area contributed by atoms with Crippen molar-refractivity contribution in [2.45, 2.75) is 38.1 Å². The van der Waals surface area contributed by atoms with Gasteiger partial charge in [-0.1, -0.05) is 18.2 Å². The highest BCUT2D eigenvalue weighted by atomic mass is 16.4. The molecule has 0 saturated carbocycles. The van der Waals surface area contributed by atoms with Crippen LogP contribution in [0.4, 0.5) is 5.69 Å². The summed E-state index contributed by atoms with van der Waals surface area (Å²) in [5.74, 6) is -0.107. The Hall–Kier alpha value is -4.39. The van der Waals surface area contributed by atoms with Crippen LogP contribution in [0.25, 0.3) is 21.7 Å². The van der Waals surface area contributed by atoms with Crippen LogP contribution in [0.3, 0.4) is 0 Å². The fourth-order valence-electron chi connectivity index (χ4n) is 4.99.